The molecule has 0 aromatic heterocycles. The number of nitrogens with two attached hydrogens (primary N) is 1. The normalized spacial score (nSPS) is 18.8. The minimum atomic E-state index is 0.0645. The van der Waals surface area contributed by atoms with Crippen LogP contribution in [0.15, 0.2) is 18.2 Å². The third kappa shape index (κ3) is 4.75. The Morgan fingerprint density at radius 3 is 2.85 bits per heavy atom. The quantitative estimate of drug-likeness (QED) is 0.764. The Morgan fingerprint density at radius 1 is 1.35 bits per heavy atom. The number of hydrogen-bond acceptors (Lipinski definition) is 4. The van der Waals surface area contributed by atoms with Crippen molar-refractivity contribution in [2.75, 3.05) is 25.0 Å². The second kappa shape index (κ2) is 8.54. The van der Waals surface area contributed by atoms with E-state index in [9.17, 15) is 9.59 Å². The highest BCUT2D eigenvalue weighted by atomic mass is 16.5. The highest BCUT2D eigenvalue weighted by Gasteiger charge is 2.24. The molecule has 6 nitrogen and oxygen atoms in total. The topological polar surface area (TPSA) is 84.7 Å². The van der Waals surface area contributed by atoms with Gasteiger partial charge in [-0.15, -0.1) is 0 Å². The summed E-state index contributed by atoms with van der Waals surface area (Å²) in [6.07, 6.45) is 4.50. The van der Waals surface area contributed by atoms with Crippen LogP contribution >= 0.6 is 0 Å². The molecule has 0 radical (unpaired) electrons. The average molecular weight is 359 g/mol. The van der Waals surface area contributed by atoms with Gasteiger partial charge in [0.2, 0.25) is 11.8 Å². The van der Waals surface area contributed by atoms with E-state index in [0.717, 1.165) is 49.4 Å². The maximum Gasteiger partial charge on any atom is 0.224 e. The lowest BCUT2D eigenvalue weighted by atomic mass is 9.91. The highest BCUT2D eigenvalue weighted by molar-refractivity contribution is 5.94. The molecule has 0 bridgehead atoms. The summed E-state index contributed by atoms with van der Waals surface area (Å²) in [6, 6.07) is 5.95. The maximum absolute atomic E-state index is 12.3. The summed E-state index contributed by atoms with van der Waals surface area (Å²) >= 11 is 0. The molecule has 1 unspecified atom stereocenters. The summed E-state index contributed by atoms with van der Waals surface area (Å²) in [7, 11) is 0. The molecule has 1 saturated heterocycles. The lowest BCUT2D eigenvalue weighted by Gasteiger charge is -2.33. The lowest BCUT2D eigenvalue weighted by molar-refractivity contribution is -0.132. The van der Waals surface area contributed by atoms with Gasteiger partial charge in [-0.2, -0.15) is 0 Å². The zero-order valence-corrected chi connectivity index (χ0v) is 15.5. The maximum atomic E-state index is 12.3. The van der Waals surface area contributed by atoms with Gasteiger partial charge in [0, 0.05) is 37.7 Å². The number of fused-ring (bicyclic) bond motifs is 1. The first-order valence-electron chi connectivity index (χ1n) is 9.62. The number of nitrogens with zero attached hydrogens (tertiary/aromatic N) is 1. The number of carbonyl (C=O) groups excluding carboxylic acids is 2. The number of rotatable bonds is 6. The zero-order valence-electron chi connectivity index (χ0n) is 15.5. The monoisotopic (exact) mass is 359 g/mol. The zero-order chi connectivity index (χ0) is 18.5. The van der Waals surface area contributed by atoms with Crippen LogP contribution in [0.5, 0.6) is 5.75 Å². The molecule has 2 amide bonds. The average Bonchev–Trinajstić information content (AvgIpc) is 2.65. The molecular formula is C20H29N3O3. The molecule has 3 N–H and O–H groups in total. The van der Waals surface area contributed by atoms with Gasteiger partial charge in [0.1, 0.15) is 5.75 Å². The number of piperidine rings is 1. The van der Waals surface area contributed by atoms with Gasteiger partial charge in [-0.3, -0.25) is 9.59 Å². The third-order valence-electron chi connectivity index (χ3n) is 5.41. The molecular weight excluding hydrogens is 330 g/mol. The molecule has 0 saturated carbocycles. The number of aryl methyl sites for hydroxylation is 1. The van der Waals surface area contributed by atoms with Gasteiger partial charge in [0.05, 0.1) is 6.61 Å². The molecule has 1 fully saturated rings. The van der Waals surface area contributed by atoms with E-state index >= 15 is 0 Å². The number of nitrogens with one attached hydrogen (secondary N) is 1. The van der Waals surface area contributed by atoms with E-state index in [1.165, 1.54) is 0 Å². The van der Waals surface area contributed by atoms with E-state index in [2.05, 4.69) is 5.32 Å². The number of likely N-dealkylation sites (tertiary alicyclic amines) is 1. The van der Waals surface area contributed by atoms with Crippen LogP contribution in [-0.4, -0.2) is 42.5 Å². The van der Waals surface area contributed by atoms with Crippen LogP contribution in [0.25, 0.3) is 0 Å². The fourth-order valence-corrected chi connectivity index (χ4v) is 3.70. The fraction of sp³-hybridized carbons (Fsp3) is 0.600. The van der Waals surface area contributed by atoms with Gasteiger partial charge in [0.25, 0.3) is 0 Å². The minimum Gasteiger partial charge on any atom is -0.494 e. The minimum absolute atomic E-state index is 0.0645. The Labute approximate surface area is 155 Å². The first-order valence-corrected chi connectivity index (χ1v) is 9.62. The Morgan fingerprint density at radius 2 is 2.12 bits per heavy atom. The van der Waals surface area contributed by atoms with Gasteiger partial charge >= 0.3 is 0 Å². The second-order valence-corrected chi connectivity index (χ2v) is 7.40. The van der Waals surface area contributed by atoms with Crippen molar-refractivity contribution < 1.29 is 14.3 Å². The Hall–Kier alpha value is -2.08. The predicted molar refractivity (Wildman–Crippen MR) is 101 cm³/mol. The van der Waals surface area contributed by atoms with Crippen molar-refractivity contribution in [2.24, 2.45) is 11.7 Å². The van der Waals surface area contributed by atoms with Crippen LogP contribution in [0.4, 0.5) is 5.69 Å². The van der Waals surface area contributed by atoms with Crippen LogP contribution in [0.1, 0.15) is 44.6 Å². The predicted octanol–water partition coefficient (Wildman–Crippen LogP) is 2.32. The molecule has 0 spiro atoms. The molecule has 1 atom stereocenters. The van der Waals surface area contributed by atoms with Crippen LogP contribution in [0, 0.1) is 5.92 Å². The summed E-state index contributed by atoms with van der Waals surface area (Å²) in [5.74, 6) is 1.61. The summed E-state index contributed by atoms with van der Waals surface area (Å²) < 4.78 is 5.79. The van der Waals surface area contributed by atoms with Gasteiger partial charge < -0.3 is 20.7 Å². The van der Waals surface area contributed by atoms with Crippen LogP contribution in [-0.2, 0) is 16.0 Å². The number of carbonyl (C=O) groups is 2. The van der Waals surface area contributed by atoms with Crippen molar-refractivity contribution >= 4 is 17.5 Å². The molecule has 6 heteroatoms. The Balaban J connectivity index is 1.38. The molecule has 1 aromatic rings. The van der Waals surface area contributed by atoms with E-state index in [1.807, 2.05) is 30.0 Å². The first kappa shape index (κ1) is 18.7. The van der Waals surface area contributed by atoms with Crippen LogP contribution < -0.4 is 15.8 Å². The van der Waals surface area contributed by atoms with E-state index in [1.54, 1.807) is 0 Å². The Kier molecular flexibility index (Phi) is 6.14. The SMILES string of the molecule is CC(N)C1CCN(C(=O)CCCOc2ccc3c(c2)CCC(=O)N3)CC1. The van der Waals surface area contributed by atoms with E-state index in [-0.39, 0.29) is 17.9 Å². The van der Waals surface area contributed by atoms with Gasteiger partial charge in [-0.05, 0) is 62.3 Å². The van der Waals surface area contributed by atoms with Crippen LogP contribution in [0.3, 0.4) is 0 Å². The fourth-order valence-electron chi connectivity index (χ4n) is 3.70. The number of hydrogen-bond donors (Lipinski definition) is 2. The first-order chi connectivity index (χ1) is 12.5. The summed E-state index contributed by atoms with van der Waals surface area (Å²) in [6.45, 7) is 4.21. The van der Waals surface area contributed by atoms with Crippen molar-refractivity contribution in [3.05, 3.63) is 23.8 Å². The standard InChI is InChI=1S/C20H29N3O3/c1-14(21)15-8-10-23(11-9-15)20(25)3-2-12-26-17-5-6-18-16(13-17)4-7-19(24)22-18/h5-6,13-15H,2-4,7-12,21H2,1H3,(H,22,24). The van der Waals surface area contributed by atoms with Gasteiger partial charge in [-0.1, -0.05) is 0 Å². The molecule has 3 rings (SSSR count). The Bertz CT molecular complexity index is 652. The van der Waals surface area contributed by atoms with Crippen molar-refractivity contribution in [1.29, 1.82) is 0 Å². The van der Waals surface area contributed by atoms with Crippen LogP contribution in [0.2, 0.25) is 0 Å². The number of anilines is 1. The summed E-state index contributed by atoms with van der Waals surface area (Å²) in [5.41, 5.74) is 7.93. The smallest absolute Gasteiger partial charge is 0.224 e. The lowest BCUT2D eigenvalue weighted by Crippen LogP contribution is -2.42. The van der Waals surface area contributed by atoms with Crippen molar-refractivity contribution in [3.8, 4) is 5.75 Å². The van der Waals surface area contributed by atoms with Gasteiger partial charge in [-0.25, -0.2) is 0 Å². The third-order valence-corrected chi connectivity index (χ3v) is 5.41. The summed E-state index contributed by atoms with van der Waals surface area (Å²) in [4.78, 5) is 25.6. The highest BCUT2D eigenvalue weighted by Crippen LogP contribution is 2.27. The van der Waals surface area contributed by atoms with Crippen molar-refractivity contribution in [1.82, 2.24) is 4.90 Å². The molecule has 26 heavy (non-hydrogen) atoms. The molecule has 1 aromatic carbocycles. The summed E-state index contributed by atoms with van der Waals surface area (Å²) in [5, 5.41) is 2.86. The number of amides is 2. The molecule has 0 aliphatic carbocycles. The molecule has 142 valence electrons. The van der Waals surface area contributed by atoms with Crippen molar-refractivity contribution in [2.45, 2.75) is 51.5 Å². The van der Waals surface area contributed by atoms with Gasteiger partial charge in [0.15, 0.2) is 0 Å². The molecule has 2 heterocycles. The number of ether oxygens (including phenoxy) is 1. The van der Waals surface area contributed by atoms with E-state index in [4.69, 9.17) is 10.5 Å². The second-order valence-electron chi connectivity index (χ2n) is 7.40. The largest absolute Gasteiger partial charge is 0.494 e. The number of benzene rings is 1. The van der Waals surface area contributed by atoms with E-state index in [0.29, 0.717) is 31.8 Å². The van der Waals surface area contributed by atoms with Crippen molar-refractivity contribution in [3.63, 3.8) is 0 Å². The molecule has 2 aliphatic rings. The molecule has 2 aliphatic heterocycles. The van der Waals surface area contributed by atoms with E-state index < -0.39 is 0 Å².